The summed E-state index contributed by atoms with van der Waals surface area (Å²) in [5.74, 6) is 1.37. The summed E-state index contributed by atoms with van der Waals surface area (Å²) in [4.78, 5) is 14.9. The van der Waals surface area contributed by atoms with Crippen LogP contribution < -0.4 is 10.6 Å². The average molecular weight is 266 g/mol. The summed E-state index contributed by atoms with van der Waals surface area (Å²) in [6.07, 6.45) is 0.891. The van der Waals surface area contributed by atoms with Gasteiger partial charge in [0.1, 0.15) is 5.82 Å². The minimum Gasteiger partial charge on any atom is -0.370 e. The van der Waals surface area contributed by atoms with Crippen LogP contribution in [0.15, 0.2) is 12.1 Å². The van der Waals surface area contributed by atoms with E-state index in [2.05, 4.69) is 36.4 Å². The molecular weight excluding hydrogens is 244 g/mol. The first-order chi connectivity index (χ1) is 8.99. The fourth-order valence-corrected chi connectivity index (χ4v) is 1.90. The van der Waals surface area contributed by atoms with Gasteiger partial charge in [-0.25, -0.2) is 4.98 Å². The second kappa shape index (κ2) is 6.92. The second-order valence-electron chi connectivity index (χ2n) is 4.75. The van der Waals surface area contributed by atoms with Crippen molar-refractivity contribution < 1.29 is 4.92 Å². The van der Waals surface area contributed by atoms with Crippen molar-refractivity contribution in [1.29, 1.82) is 0 Å². The maximum atomic E-state index is 11.0. The summed E-state index contributed by atoms with van der Waals surface area (Å²) in [6.45, 7) is 8.91. The van der Waals surface area contributed by atoms with E-state index in [0.29, 0.717) is 17.6 Å². The molecular formula is C13H22N4O2. The summed E-state index contributed by atoms with van der Waals surface area (Å²) < 4.78 is 0. The van der Waals surface area contributed by atoms with Gasteiger partial charge in [-0.05, 0) is 25.3 Å². The molecule has 0 aliphatic carbocycles. The predicted octanol–water partition coefficient (Wildman–Crippen LogP) is 3.27. The molecule has 6 heteroatoms. The van der Waals surface area contributed by atoms with Crippen molar-refractivity contribution in [2.75, 3.05) is 17.2 Å². The number of pyridine rings is 1. The van der Waals surface area contributed by atoms with Crippen molar-refractivity contribution in [2.24, 2.45) is 5.92 Å². The summed E-state index contributed by atoms with van der Waals surface area (Å²) in [7, 11) is 0. The van der Waals surface area contributed by atoms with E-state index >= 15 is 0 Å². The Bertz CT molecular complexity index is 435. The van der Waals surface area contributed by atoms with E-state index in [4.69, 9.17) is 0 Å². The SMILES string of the molecule is CCNc1ccc([N+](=O)[O-])c(NC(CC)C(C)C)n1. The fourth-order valence-electron chi connectivity index (χ4n) is 1.90. The number of hydrogen-bond donors (Lipinski definition) is 2. The Labute approximate surface area is 113 Å². The number of nitrogens with zero attached hydrogens (tertiary/aromatic N) is 2. The zero-order valence-corrected chi connectivity index (χ0v) is 11.9. The Morgan fingerprint density at radius 2 is 2.05 bits per heavy atom. The summed E-state index contributed by atoms with van der Waals surface area (Å²) in [5.41, 5.74) is 0.0146. The lowest BCUT2D eigenvalue weighted by atomic mass is 10.0. The molecule has 0 aliphatic heterocycles. The first-order valence-corrected chi connectivity index (χ1v) is 6.65. The Balaban J connectivity index is 3.06. The third-order valence-corrected chi connectivity index (χ3v) is 3.00. The fraction of sp³-hybridized carbons (Fsp3) is 0.615. The number of hydrogen-bond acceptors (Lipinski definition) is 5. The monoisotopic (exact) mass is 266 g/mol. The number of aromatic nitrogens is 1. The van der Waals surface area contributed by atoms with Crippen molar-refractivity contribution in [2.45, 2.75) is 40.2 Å². The standard InChI is InChI=1S/C13H22N4O2/c1-5-10(9(3)4)15-13-11(17(18)19)7-8-12(16-13)14-6-2/h7-10H,5-6H2,1-4H3,(H2,14,15,16). The number of nitro groups is 1. The number of anilines is 2. The maximum Gasteiger partial charge on any atom is 0.311 e. The molecule has 0 amide bonds. The first-order valence-electron chi connectivity index (χ1n) is 6.65. The lowest BCUT2D eigenvalue weighted by molar-refractivity contribution is -0.384. The molecule has 0 aromatic carbocycles. The van der Waals surface area contributed by atoms with E-state index < -0.39 is 4.92 Å². The molecule has 0 saturated carbocycles. The van der Waals surface area contributed by atoms with Gasteiger partial charge in [-0.15, -0.1) is 0 Å². The van der Waals surface area contributed by atoms with Crippen LogP contribution in [0.3, 0.4) is 0 Å². The Hall–Kier alpha value is -1.85. The third-order valence-electron chi connectivity index (χ3n) is 3.00. The van der Waals surface area contributed by atoms with Gasteiger partial charge in [0, 0.05) is 18.7 Å². The van der Waals surface area contributed by atoms with Gasteiger partial charge in [-0.3, -0.25) is 10.1 Å². The van der Waals surface area contributed by atoms with Gasteiger partial charge in [-0.2, -0.15) is 0 Å². The Morgan fingerprint density at radius 3 is 2.53 bits per heavy atom. The van der Waals surface area contributed by atoms with Crippen LogP contribution in [0.4, 0.5) is 17.3 Å². The molecule has 2 N–H and O–H groups in total. The van der Waals surface area contributed by atoms with E-state index in [-0.39, 0.29) is 11.7 Å². The Kier molecular flexibility index (Phi) is 5.54. The maximum absolute atomic E-state index is 11.0. The van der Waals surface area contributed by atoms with E-state index in [1.165, 1.54) is 6.07 Å². The highest BCUT2D eigenvalue weighted by Crippen LogP contribution is 2.26. The van der Waals surface area contributed by atoms with Crippen molar-refractivity contribution in [1.82, 2.24) is 4.98 Å². The van der Waals surface area contributed by atoms with Crippen molar-refractivity contribution in [3.05, 3.63) is 22.2 Å². The molecule has 1 aromatic rings. The molecule has 6 nitrogen and oxygen atoms in total. The van der Waals surface area contributed by atoms with Crippen LogP contribution in [-0.4, -0.2) is 22.5 Å². The topological polar surface area (TPSA) is 80.1 Å². The molecule has 1 atom stereocenters. The molecule has 106 valence electrons. The van der Waals surface area contributed by atoms with Gasteiger partial charge in [-0.1, -0.05) is 20.8 Å². The van der Waals surface area contributed by atoms with Crippen LogP contribution in [0.5, 0.6) is 0 Å². The van der Waals surface area contributed by atoms with Crippen LogP contribution in [0.2, 0.25) is 0 Å². The van der Waals surface area contributed by atoms with Crippen molar-refractivity contribution >= 4 is 17.3 Å². The zero-order valence-electron chi connectivity index (χ0n) is 11.9. The van der Waals surface area contributed by atoms with Gasteiger partial charge in [0.2, 0.25) is 5.82 Å². The highest BCUT2D eigenvalue weighted by molar-refractivity contribution is 5.60. The highest BCUT2D eigenvalue weighted by Gasteiger charge is 2.20. The Morgan fingerprint density at radius 1 is 1.37 bits per heavy atom. The van der Waals surface area contributed by atoms with Gasteiger partial charge in [0.25, 0.3) is 0 Å². The van der Waals surface area contributed by atoms with Gasteiger partial charge >= 0.3 is 5.69 Å². The molecule has 0 aliphatic rings. The van der Waals surface area contributed by atoms with Gasteiger partial charge in [0.15, 0.2) is 0 Å². The summed E-state index contributed by atoms with van der Waals surface area (Å²) in [5, 5.41) is 17.3. The quantitative estimate of drug-likeness (QED) is 0.585. The summed E-state index contributed by atoms with van der Waals surface area (Å²) >= 11 is 0. The number of nitrogens with one attached hydrogen (secondary N) is 2. The average Bonchev–Trinajstić information content (AvgIpc) is 2.35. The van der Waals surface area contributed by atoms with Crippen molar-refractivity contribution in [3.63, 3.8) is 0 Å². The molecule has 0 spiro atoms. The van der Waals surface area contributed by atoms with Crippen LogP contribution in [0.1, 0.15) is 34.1 Å². The largest absolute Gasteiger partial charge is 0.370 e. The zero-order chi connectivity index (χ0) is 14.4. The first kappa shape index (κ1) is 15.2. The van der Waals surface area contributed by atoms with Gasteiger partial charge < -0.3 is 10.6 Å². The summed E-state index contributed by atoms with van der Waals surface area (Å²) in [6, 6.07) is 3.28. The predicted molar refractivity (Wildman–Crippen MR) is 77.6 cm³/mol. The molecule has 19 heavy (non-hydrogen) atoms. The van der Waals surface area contributed by atoms with E-state index in [1.54, 1.807) is 6.07 Å². The molecule has 1 aromatic heterocycles. The van der Waals surface area contributed by atoms with Gasteiger partial charge in [0.05, 0.1) is 4.92 Å². The van der Waals surface area contributed by atoms with E-state index in [0.717, 1.165) is 13.0 Å². The minimum absolute atomic E-state index is 0.0146. The molecule has 1 rings (SSSR count). The van der Waals surface area contributed by atoms with E-state index in [1.807, 2.05) is 6.92 Å². The smallest absolute Gasteiger partial charge is 0.311 e. The van der Waals surface area contributed by atoms with Crippen molar-refractivity contribution in [3.8, 4) is 0 Å². The molecule has 0 fully saturated rings. The highest BCUT2D eigenvalue weighted by atomic mass is 16.6. The normalized spacial score (nSPS) is 12.3. The van der Waals surface area contributed by atoms with Crippen LogP contribution >= 0.6 is 0 Å². The third kappa shape index (κ3) is 4.08. The lowest BCUT2D eigenvalue weighted by Crippen LogP contribution is -2.25. The molecule has 1 unspecified atom stereocenters. The van der Waals surface area contributed by atoms with Crippen LogP contribution in [0.25, 0.3) is 0 Å². The second-order valence-corrected chi connectivity index (χ2v) is 4.75. The van der Waals surface area contributed by atoms with E-state index in [9.17, 15) is 10.1 Å². The van der Waals surface area contributed by atoms with Crippen LogP contribution in [0, 0.1) is 16.0 Å². The number of rotatable bonds is 7. The molecule has 0 saturated heterocycles. The minimum atomic E-state index is -0.405. The lowest BCUT2D eigenvalue weighted by Gasteiger charge is -2.21. The molecule has 0 bridgehead atoms. The van der Waals surface area contributed by atoms with Crippen LogP contribution in [-0.2, 0) is 0 Å². The molecule has 0 radical (unpaired) electrons. The molecule has 1 heterocycles.